The first-order chi connectivity index (χ1) is 12.0. The zero-order chi connectivity index (χ0) is 18.0. The highest BCUT2D eigenvalue weighted by Crippen LogP contribution is 2.25. The highest BCUT2D eigenvalue weighted by Gasteiger charge is 2.21. The standard InChI is InChI=1S/C18H22FN5O/c1-12-15(18(25-4)24(3)22-12)11-21-16(17-20-9-10-23(17)2)13-5-7-14(19)8-6-13/h5-10,16,21H,11H2,1-4H3/t16-/m1/s1. The molecule has 0 unspecified atom stereocenters. The van der Waals surface area contributed by atoms with E-state index in [0.717, 1.165) is 28.5 Å². The number of imidazole rings is 1. The van der Waals surface area contributed by atoms with Crippen molar-refractivity contribution >= 4 is 0 Å². The second-order valence-corrected chi connectivity index (χ2v) is 5.96. The average molecular weight is 343 g/mol. The fourth-order valence-electron chi connectivity index (χ4n) is 3.01. The molecule has 0 aliphatic carbocycles. The first-order valence-corrected chi connectivity index (χ1v) is 8.03. The number of benzene rings is 1. The number of aryl methyl sites for hydroxylation is 3. The lowest BCUT2D eigenvalue weighted by Crippen LogP contribution is -2.25. The number of nitrogens with one attached hydrogen (secondary N) is 1. The normalized spacial score (nSPS) is 12.4. The van der Waals surface area contributed by atoms with E-state index in [9.17, 15) is 4.39 Å². The monoisotopic (exact) mass is 343 g/mol. The van der Waals surface area contributed by atoms with E-state index in [1.807, 2.05) is 31.8 Å². The van der Waals surface area contributed by atoms with Crippen LogP contribution in [0.3, 0.4) is 0 Å². The molecule has 2 aromatic heterocycles. The van der Waals surface area contributed by atoms with Crippen LogP contribution in [-0.4, -0.2) is 26.4 Å². The molecular weight excluding hydrogens is 321 g/mol. The third-order valence-electron chi connectivity index (χ3n) is 4.29. The Bertz CT molecular complexity index is 853. The summed E-state index contributed by atoms with van der Waals surface area (Å²) in [5, 5.41) is 7.91. The van der Waals surface area contributed by atoms with Crippen molar-refractivity contribution in [3.63, 3.8) is 0 Å². The molecule has 0 radical (unpaired) electrons. The Morgan fingerprint density at radius 3 is 2.56 bits per heavy atom. The molecule has 0 spiro atoms. The predicted octanol–water partition coefficient (Wildman–Crippen LogP) is 2.49. The molecule has 1 aromatic carbocycles. The van der Waals surface area contributed by atoms with Crippen molar-refractivity contribution < 1.29 is 9.13 Å². The topological polar surface area (TPSA) is 56.9 Å². The van der Waals surface area contributed by atoms with Crippen LogP contribution in [0.25, 0.3) is 0 Å². The second-order valence-electron chi connectivity index (χ2n) is 5.96. The number of methoxy groups -OCH3 is 1. The fourth-order valence-corrected chi connectivity index (χ4v) is 3.01. The van der Waals surface area contributed by atoms with E-state index in [0.29, 0.717) is 6.54 Å². The summed E-state index contributed by atoms with van der Waals surface area (Å²) in [4.78, 5) is 4.45. The highest BCUT2D eigenvalue weighted by molar-refractivity contribution is 5.32. The summed E-state index contributed by atoms with van der Waals surface area (Å²) in [7, 11) is 5.43. The summed E-state index contributed by atoms with van der Waals surface area (Å²) in [6.45, 7) is 2.50. The minimum atomic E-state index is -0.257. The maximum atomic E-state index is 13.3. The summed E-state index contributed by atoms with van der Waals surface area (Å²) in [6, 6.07) is 6.29. The minimum absolute atomic E-state index is 0.176. The Labute approximate surface area is 146 Å². The van der Waals surface area contributed by atoms with E-state index in [-0.39, 0.29) is 11.9 Å². The summed E-state index contributed by atoms with van der Waals surface area (Å²) < 4.78 is 22.4. The fraction of sp³-hybridized carbons (Fsp3) is 0.333. The molecule has 2 heterocycles. The van der Waals surface area contributed by atoms with Crippen molar-refractivity contribution in [3.05, 3.63) is 65.1 Å². The Kier molecular flexibility index (Phi) is 4.85. The van der Waals surface area contributed by atoms with Crippen molar-refractivity contribution in [2.75, 3.05) is 7.11 Å². The van der Waals surface area contributed by atoms with Gasteiger partial charge in [0.15, 0.2) is 0 Å². The van der Waals surface area contributed by atoms with Gasteiger partial charge in [0.1, 0.15) is 11.6 Å². The van der Waals surface area contributed by atoms with Gasteiger partial charge in [-0.3, -0.25) is 5.32 Å². The molecule has 1 atom stereocenters. The van der Waals surface area contributed by atoms with Crippen LogP contribution in [0.5, 0.6) is 5.88 Å². The van der Waals surface area contributed by atoms with Gasteiger partial charge in [0.2, 0.25) is 5.88 Å². The van der Waals surface area contributed by atoms with Crippen molar-refractivity contribution in [2.24, 2.45) is 14.1 Å². The maximum Gasteiger partial charge on any atom is 0.216 e. The molecule has 0 aliphatic heterocycles. The number of halogens is 1. The number of hydrogen-bond donors (Lipinski definition) is 1. The molecule has 3 aromatic rings. The number of rotatable bonds is 6. The quantitative estimate of drug-likeness (QED) is 0.747. The average Bonchev–Trinajstić information content (AvgIpc) is 3.12. The smallest absolute Gasteiger partial charge is 0.216 e. The lowest BCUT2D eigenvalue weighted by Gasteiger charge is -2.19. The maximum absolute atomic E-state index is 13.3. The summed E-state index contributed by atoms with van der Waals surface area (Å²) >= 11 is 0. The zero-order valence-corrected chi connectivity index (χ0v) is 14.8. The molecule has 25 heavy (non-hydrogen) atoms. The Hall–Kier alpha value is -2.67. The second kappa shape index (κ2) is 7.06. The molecule has 132 valence electrons. The molecule has 0 amide bonds. The molecular formula is C18H22FN5O. The molecule has 0 aliphatic rings. The lowest BCUT2D eigenvalue weighted by atomic mass is 10.1. The Morgan fingerprint density at radius 2 is 1.96 bits per heavy atom. The third kappa shape index (κ3) is 3.41. The van der Waals surface area contributed by atoms with E-state index in [2.05, 4.69) is 15.4 Å². The number of nitrogens with zero attached hydrogens (tertiary/aromatic N) is 4. The van der Waals surface area contributed by atoms with Crippen LogP contribution in [0.4, 0.5) is 4.39 Å². The van der Waals surface area contributed by atoms with Crippen LogP contribution in [0.2, 0.25) is 0 Å². The molecule has 3 rings (SSSR count). The van der Waals surface area contributed by atoms with Gasteiger partial charge in [-0.1, -0.05) is 12.1 Å². The third-order valence-corrected chi connectivity index (χ3v) is 4.29. The zero-order valence-electron chi connectivity index (χ0n) is 14.8. The summed E-state index contributed by atoms with van der Waals surface area (Å²) in [5.41, 5.74) is 2.84. The van der Waals surface area contributed by atoms with Gasteiger partial charge in [-0.05, 0) is 24.6 Å². The van der Waals surface area contributed by atoms with Gasteiger partial charge in [0.05, 0.1) is 24.4 Å². The molecule has 0 saturated carbocycles. The Morgan fingerprint density at radius 1 is 1.24 bits per heavy atom. The van der Waals surface area contributed by atoms with E-state index in [1.54, 1.807) is 30.1 Å². The molecule has 0 bridgehead atoms. The molecule has 0 saturated heterocycles. The first-order valence-electron chi connectivity index (χ1n) is 8.03. The van der Waals surface area contributed by atoms with Gasteiger partial charge in [-0.15, -0.1) is 0 Å². The molecule has 6 nitrogen and oxygen atoms in total. The molecule has 7 heteroatoms. The van der Waals surface area contributed by atoms with Gasteiger partial charge in [0, 0.05) is 33.0 Å². The number of aromatic nitrogens is 4. The van der Waals surface area contributed by atoms with E-state index >= 15 is 0 Å². The van der Waals surface area contributed by atoms with Crippen molar-refractivity contribution in [1.29, 1.82) is 0 Å². The van der Waals surface area contributed by atoms with Crippen LogP contribution in [-0.2, 0) is 20.6 Å². The minimum Gasteiger partial charge on any atom is -0.481 e. The van der Waals surface area contributed by atoms with Crippen molar-refractivity contribution in [2.45, 2.75) is 19.5 Å². The van der Waals surface area contributed by atoms with Gasteiger partial charge in [0.25, 0.3) is 0 Å². The van der Waals surface area contributed by atoms with Gasteiger partial charge in [-0.2, -0.15) is 5.10 Å². The summed E-state index contributed by atoms with van der Waals surface area (Å²) in [6.07, 6.45) is 3.65. The van der Waals surface area contributed by atoms with Crippen molar-refractivity contribution in [1.82, 2.24) is 24.6 Å². The van der Waals surface area contributed by atoms with Crippen LogP contribution < -0.4 is 10.1 Å². The highest BCUT2D eigenvalue weighted by atomic mass is 19.1. The van der Waals surface area contributed by atoms with Gasteiger partial charge >= 0.3 is 0 Å². The predicted molar refractivity (Wildman–Crippen MR) is 92.8 cm³/mol. The van der Waals surface area contributed by atoms with E-state index in [4.69, 9.17) is 4.74 Å². The van der Waals surface area contributed by atoms with Crippen LogP contribution >= 0.6 is 0 Å². The Balaban J connectivity index is 1.91. The lowest BCUT2D eigenvalue weighted by molar-refractivity contribution is 0.367. The van der Waals surface area contributed by atoms with Crippen LogP contribution in [0, 0.1) is 12.7 Å². The van der Waals surface area contributed by atoms with Crippen LogP contribution in [0.15, 0.2) is 36.7 Å². The molecule has 1 N–H and O–H groups in total. The summed E-state index contributed by atoms with van der Waals surface area (Å²) in [5.74, 6) is 1.32. The van der Waals surface area contributed by atoms with Gasteiger partial charge < -0.3 is 9.30 Å². The first kappa shape index (κ1) is 17.2. The van der Waals surface area contributed by atoms with Gasteiger partial charge in [-0.25, -0.2) is 14.1 Å². The largest absolute Gasteiger partial charge is 0.481 e. The SMILES string of the molecule is COc1c(CN[C@H](c2ccc(F)cc2)c2nccn2C)c(C)nn1C. The van der Waals surface area contributed by atoms with E-state index < -0.39 is 0 Å². The van der Waals surface area contributed by atoms with Crippen LogP contribution in [0.1, 0.15) is 28.7 Å². The van der Waals surface area contributed by atoms with E-state index in [1.165, 1.54) is 12.1 Å². The number of hydrogen-bond acceptors (Lipinski definition) is 4. The molecule has 0 fully saturated rings. The van der Waals surface area contributed by atoms with Crippen molar-refractivity contribution in [3.8, 4) is 5.88 Å². The number of ether oxygens (including phenoxy) is 1.